The number of imide groups is 1. The van der Waals surface area contributed by atoms with Gasteiger partial charge in [0, 0.05) is 6.61 Å². The van der Waals surface area contributed by atoms with E-state index in [9.17, 15) is 9.59 Å². The second-order valence-electron chi connectivity index (χ2n) is 5.93. The number of hydrogen-bond donors (Lipinski definition) is 2. The Labute approximate surface area is 124 Å². The number of carbonyl (C=O) groups excluding carboxylic acids is 2. The molecule has 1 saturated heterocycles. The predicted molar refractivity (Wildman–Crippen MR) is 77.5 cm³/mol. The number of rotatable bonds is 4. The zero-order valence-corrected chi connectivity index (χ0v) is 11.9. The number of amides is 3. The van der Waals surface area contributed by atoms with Gasteiger partial charge in [-0.1, -0.05) is 30.3 Å². The maximum absolute atomic E-state index is 11.8. The Morgan fingerprint density at radius 2 is 1.86 bits per heavy atom. The first-order valence-electron chi connectivity index (χ1n) is 7.43. The average molecular weight is 288 g/mol. The normalized spacial score (nSPS) is 28.5. The van der Waals surface area contributed by atoms with Crippen molar-refractivity contribution in [3.05, 3.63) is 35.9 Å². The Bertz CT molecular complexity index is 522. The highest BCUT2D eigenvalue weighted by atomic mass is 16.5. The largest absolute Gasteiger partial charge is 0.376 e. The van der Waals surface area contributed by atoms with Crippen LogP contribution in [-0.4, -0.2) is 24.1 Å². The third-order valence-electron chi connectivity index (χ3n) is 4.44. The maximum Gasteiger partial charge on any atom is 0.322 e. The molecule has 5 heteroatoms. The molecule has 2 fully saturated rings. The molecule has 3 amide bonds. The van der Waals surface area contributed by atoms with Crippen LogP contribution >= 0.6 is 0 Å². The minimum Gasteiger partial charge on any atom is -0.376 e. The summed E-state index contributed by atoms with van der Waals surface area (Å²) >= 11 is 0. The summed E-state index contributed by atoms with van der Waals surface area (Å²) in [5.74, 6) is 0.292. The second-order valence-corrected chi connectivity index (χ2v) is 5.93. The highest BCUT2D eigenvalue weighted by Crippen LogP contribution is 2.34. The monoisotopic (exact) mass is 288 g/mol. The van der Waals surface area contributed by atoms with Crippen molar-refractivity contribution < 1.29 is 14.3 Å². The van der Waals surface area contributed by atoms with E-state index in [1.165, 1.54) is 5.56 Å². The van der Waals surface area contributed by atoms with Crippen molar-refractivity contribution in [2.24, 2.45) is 5.92 Å². The fourth-order valence-electron chi connectivity index (χ4n) is 3.13. The molecule has 2 aliphatic rings. The van der Waals surface area contributed by atoms with Gasteiger partial charge in [-0.15, -0.1) is 0 Å². The van der Waals surface area contributed by atoms with Crippen LogP contribution in [0.3, 0.4) is 0 Å². The molecule has 2 N–H and O–H groups in total. The molecule has 0 unspecified atom stereocenters. The van der Waals surface area contributed by atoms with E-state index in [1.54, 1.807) is 0 Å². The summed E-state index contributed by atoms with van der Waals surface area (Å²) in [7, 11) is 0. The molecule has 1 aromatic carbocycles. The van der Waals surface area contributed by atoms with E-state index in [0.717, 1.165) is 12.8 Å². The van der Waals surface area contributed by atoms with Crippen molar-refractivity contribution >= 4 is 11.9 Å². The molecule has 1 aliphatic heterocycles. The van der Waals surface area contributed by atoms with Crippen LogP contribution in [0.5, 0.6) is 0 Å². The number of benzene rings is 1. The van der Waals surface area contributed by atoms with Crippen LogP contribution in [0.4, 0.5) is 4.79 Å². The Morgan fingerprint density at radius 3 is 2.48 bits per heavy atom. The molecule has 112 valence electrons. The number of nitrogens with one attached hydrogen (secondary N) is 2. The number of ether oxygens (including phenoxy) is 1. The quantitative estimate of drug-likeness (QED) is 0.832. The Morgan fingerprint density at radius 1 is 1.14 bits per heavy atom. The van der Waals surface area contributed by atoms with Gasteiger partial charge < -0.3 is 10.1 Å². The molecular weight excluding hydrogens is 268 g/mol. The molecule has 5 nitrogen and oxygen atoms in total. The highest BCUT2D eigenvalue weighted by molar-refractivity contribution is 6.07. The van der Waals surface area contributed by atoms with Crippen molar-refractivity contribution in [2.75, 3.05) is 6.61 Å². The average Bonchev–Trinajstić information content (AvgIpc) is 2.76. The first kappa shape index (κ1) is 14.1. The van der Waals surface area contributed by atoms with E-state index in [2.05, 4.69) is 10.6 Å². The minimum atomic E-state index is -0.660. The molecule has 3 rings (SSSR count). The highest BCUT2D eigenvalue weighted by Gasteiger charge is 2.47. The van der Waals surface area contributed by atoms with Crippen LogP contribution in [0.15, 0.2) is 30.3 Å². The zero-order valence-electron chi connectivity index (χ0n) is 11.9. The van der Waals surface area contributed by atoms with Gasteiger partial charge in [-0.3, -0.25) is 10.1 Å². The van der Waals surface area contributed by atoms with E-state index in [4.69, 9.17) is 4.74 Å². The van der Waals surface area contributed by atoms with E-state index in [0.29, 0.717) is 32.0 Å². The van der Waals surface area contributed by atoms with Crippen LogP contribution in [0, 0.1) is 5.92 Å². The molecule has 1 spiro atoms. The van der Waals surface area contributed by atoms with E-state index < -0.39 is 5.54 Å². The molecule has 0 radical (unpaired) electrons. The summed E-state index contributed by atoms with van der Waals surface area (Å²) in [5, 5.41) is 5.12. The zero-order chi connectivity index (χ0) is 14.7. The van der Waals surface area contributed by atoms with Crippen molar-refractivity contribution in [3.63, 3.8) is 0 Å². The van der Waals surface area contributed by atoms with Crippen LogP contribution in [0.2, 0.25) is 0 Å². The lowest BCUT2D eigenvalue weighted by atomic mass is 9.77. The van der Waals surface area contributed by atoms with Crippen LogP contribution in [0.25, 0.3) is 0 Å². The fraction of sp³-hybridized carbons (Fsp3) is 0.500. The van der Waals surface area contributed by atoms with Gasteiger partial charge in [0.2, 0.25) is 0 Å². The summed E-state index contributed by atoms with van der Waals surface area (Å²) < 4.78 is 5.77. The standard InChI is InChI=1S/C16H20N2O3/c19-14-16(18-15(20)17-14)8-6-13(7-9-16)11-21-10-12-4-2-1-3-5-12/h1-5,13H,6-11H2,(H2,17,18,19,20). The van der Waals surface area contributed by atoms with Crippen LogP contribution in [0.1, 0.15) is 31.2 Å². The molecule has 0 atom stereocenters. The molecule has 0 aromatic heterocycles. The van der Waals surface area contributed by atoms with Gasteiger partial charge in [0.1, 0.15) is 5.54 Å². The molecule has 0 bridgehead atoms. The lowest BCUT2D eigenvalue weighted by Gasteiger charge is -2.34. The molecule has 1 aliphatic carbocycles. The molecule has 1 heterocycles. The predicted octanol–water partition coefficient (Wildman–Crippen LogP) is 1.97. The third-order valence-corrected chi connectivity index (χ3v) is 4.44. The Hall–Kier alpha value is -1.88. The minimum absolute atomic E-state index is 0.170. The molecular formula is C16H20N2O3. The molecule has 1 aromatic rings. The van der Waals surface area contributed by atoms with Gasteiger partial charge in [0.05, 0.1) is 6.61 Å². The summed E-state index contributed by atoms with van der Waals surface area (Å²) in [6.45, 7) is 1.33. The van der Waals surface area contributed by atoms with Gasteiger partial charge in [0.25, 0.3) is 5.91 Å². The second kappa shape index (κ2) is 5.85. The number of urea groups is 1. The van der Waals surface area contributed by atoms with E-state index in [-0.39, 0.29) is 11.9 Å². The summed E-state index contributed by atoms with van der Waals surface area (Å²) in [6.07, 6.45) is 3.21. The molecule has 21 heavy (non-hydrogen) atoms. The van der Waals surface area contributed by atoms with Gasteiger partial charge >= 0.3 is 6.03 Å². The Balaban J connectivity index is 1.44. The van der Waals surface area contributed by atoms with Gasteiger partial charge in [-0.25, -0.2) is 4.79 Å². The van der Waals surface area contributed by atoms with Crippen molar-refractivity contribution in [3.8, 4) is 0 Å². The number of carbonyl (C=O) groups is 2. The van der Waals surface area contributed by atoms with Gasteiger partial charge in [-0.05, 0) is 37.2 Å². The van der Waals surface area contributed by atoms with E-state index in [1.807, 2.05) is 30.3 Å². The first-order valence-corrected chi connectivity index (χ1v) is 7.43. The van der Waals surface area contributed by atoms with E-state index >= 15 is 0 Å². The lowest BCUT2D eigenvalue weighted by Crippen LogP contribution is -2.49. The smallest absolute Gasteiger partial charge is 0.322 e. The topological polar surface area (TPSA) is 67.4 Å². The summed E-state index contributed by atoms with van der Waals surface area (Å²) in [6, 6.07) is 9.74. The van der Waals surface area contributed by atoms with Crippen LogP contribution in [-0.2, 0) is 16.1 Å². The Kier molecular flexibility index (Phi) is 3.92. The van der Waals surface area contributed by atoms with Gasteiger partial charge in [-0.2, -0.15) is 0 Å². The fourth-order valence-corrected chi connectivity index (χ4v) is 3.13. The third kappa shape index (κ3) is 3.08. The van der Waals surface area contributed by atoms with Gasteiger partial charge in [0.15, 0.2) is 0 Å². The number of hydrogen-bond acceptors (Lipinski definition) is 3. The van der Waals surface area contributed by atoms with Crippen molar-refractivity contribution in [1.29, 1.82) is 0 Å². The summed E-state index contributed by atoms with van der Waals surface area (Å²) in [4.78, 5) is 23.1. The van der Waals surface area contributed by atoms with Crippen molar-refractivity contribution in [1.82, 2.24) is 10.6 Å². The maximum atomic E-state index is 11.8. The van der Waals surface area contributed by atoms with Crippen LogP contribution < -0.4 is 10.6 Å². The molecule has 1 saturated carbocycles. The first-order chi connectivity index (χ1) is 10.2. The SMILES string of the molecule is O=C1NC(=O)C2(CCC(COCc3ccccc3)CC2)N1. The summed E-state index contributed by atoms with van der Waals surface area (Å²) in [5.41, 5.74) is 0.514. The lowest BCUT2D eigenvalue weighted by molar-refractivity contribution is -0.125. The van der Waals surface area contributed by atoms with Crippen molar-refractivity contribution in [2.45, 2.75) is 37.8 Å².